The van der Waals surface area contributed by atoms with Crippen molar-refractivity contribution in [1.82, 2.24) is 4.57 Å². The number of Topliss-reactive ketones (excluding diaryl/α,β-unsaturated/α-hetero) is 1. The summed E-state index contributed by atoms with van der Waals surface area (Å²) in [6.45, 7) is 6.43. The van der Waals surface area contributed by atoms with Crippen molar-refractivity contribution in [2.24, 2.45) is 0 Å². The predicted molar refractivity (Wildman–Crippen MR) is 90.9 cm³/mol. The van der Waals surface area contributed by atoms with Crippen LogP contribution in [-0.4, -0.2) is 10.4 Å². The van der Waals surface area contributed by atoms with Crippen LogP contribution in [0.2, 0.25) is 0 Å². The molecule has 0 aliphatic rings. The third kappa shape index (κ3) is 2.95. The largest absolute Gasteiger partial charge is 0.318 e. The van der Waals surface area contributed by atoms with Crippen LogP contribution in [0.25, 0.3) is 5.69 Å². The van der Waals surface area contributed by atoms with Gasteiger partial charge in [0.1, 0.15) is 0 Å². The molecule has 0 radical (unpaired) electrons. The molecule has 0 amide bonds. The number of rotatable bonds is 4. The Kier molecular flexibility index (Phi) is 4.11. The number of carbonyl (C=O) groups excluding carboxylic acids is 1. The van der Waals surface area contributed by atoms with Gasteiger partial charge in [-0.15, -0.1) is 0 Å². The standard InChI is InChI=1S/C20H21N2O/c1-15-9-7-8-12-21(15)14-20(23)19-13-16(2)22(17(19)3)18-10-5-4-6-11-18/h4-13H,14H2,1-3H3/q+1. The number of nitrogens with zero attached hydrogens (tertiary/aromatic N) is 2. The van der Waals surface area contributed by atoms with Gasteiger partial charge in [-0.1, -0.05) is 24.3 Å². The smallest absolute Gasteiger partial charge is 0.229 e. The fourth-order valence-electron chi connectivity index (χ4n) is 3.00. The molecule has 0 spiro atoms. The summed E-state index contributed by atoms with van der Waals surface area (Å²) >= 11 is 0. The molecule has 0 aliphatic carbocycles. The van der Waals surface area contributed by atoms with Crippen molar-refractivity contribution in [3.8, 4) is 5.69 Å². The van der Waals surface area contributed by atoms with Gasteiger partial charge in [-0.05, 0) is 32.0 Å². The highest BCUT2D eigenvalue weighted by atomic mass is 16.1. The lowest BCUT2D eigenvalue weighted by Gasteiger charge is -2.09. The van der Waals surface area contributed by atoms with Gasteiger partial charge in [0.05, 0.1) is 0 Å². The molecule has 0 saturated carbocycles. The molecule has 3 nitrogen and oxygen atoms in total. The van der Waals surface area contributed by atoms with Crippen LogP contribution in [0.4, 0.5) is 0 Å². The Morgan fingerprint density at radius 1 is 1.00 bits per heavy atom. The Balaban J connectivity index is 1.95. The number of ketones is 1. The molecule has 0 N–H and O–H groups in total. The number of aromatic nitrogens is 2. The Morgan fingerprint density at radius 2 is 1.70 bits per heavy atom. The van der Waals surface area contributed by atoms with Gasteiger partial charge in [0, 0.05) is 41.7 Å². The van der Waals surface area contributed by atoms with E-state index in [1.807, 2.05) is 74.0 Å². The van der Waals surface area contributed by atoms with Crippen LogP contribution in [0.15, 0.2) is 60.8 Å². The van der Waals surface area contributed by atoms with Crippen LogP contribution in [0.3, 0.4) is 0 Å². The van der Waals surface area contributed by atoms with Crippen LogP contribution < -0.4 is 4.57 Å². The predicted octanol–water partition coefficient (Wildman–Crippen LogP) is 3.57. The third-order valence-electron chi connectivity index (χ3n) is 4.23. The summed E-state index contributed by atoms with van der Waals surface area (Å²) in [5, 5.41) is 0. The number of benzene rings is 1. The molecule has 1 aromatic carbocycles. The van der Waals surface area contributed by atoms with E-state index in [0.29, 0.717) is 6.54 Å². The molecule has 0 unspecified atom stereocenters. The highest BCUT2D eigenvalue weighted by molar-refractivity contribution is 5.96. The number of carbonyl (C=O) groups is 1. The third-order valence-corrected chi connectivity index (χ3v) is 4.23. The summed E-state index contributed by atoms with van der Waals surface area (Å²) in [6, 6.07) is 18.1. The Labute approximate surface area is 136 Å². The zero-order valence-corrected chi connectivity index (χ0v) is 13.8. The van der Waals surface area contributed by atoms with Gasteiger partial charge in [-0.3, -0.25) is 4.79 Å². The van der Waals surface area contributed by atoms with E-state index in [9.17, 15) is 4.79 Å². The summed E-state index contributed by atoms with van der Waals surface area (Å²) in [6.07, 6.45) is 1.95. The van der Waals surface area contributed by atoms with Crippen LogP contribution >= 0.6 is 0 Å². The molecule has 2 heterocycles. The molecule has 2 aromatic heterocycles. The van der Waals surface area contributed by atoms with E-state index in [0.717, 1.165) is 28.3 Å². The van der Waals surface area contributed by atoms with Crippen LogP contribution in [0.1, 0.15) is 27.4 Å². The van der Waals surface area contributed by atoms with E-state index in [1.165, 1.54) is 0 Å². The average Bonchev–Trinajstić information content (AvgIpc) is 2.85. The fourth-order valence-corrected chi connectivity index (χ4v) is 3.00. The number of para-hydroxylation sites is 1. The highest BCUT2D eigenvalue weighted by Crippen LogP contribution is 2.21. The summed E-state index contributed by atoms with van der Waals surface area (Å²) in [4.78, 5) is 12.7. The van der Waals surface area contributed by atoms with Crippen molar-refractivity contribution in [2.45, 2.75) is 27.3 Å². The lowest BCUT2D eigenvalue weighted by Crippen LogP contribution is -2.40. The van der Waals surface area contributed by atoms with Crippen molar-refractivity contribution < 1.29 is 9.36 Å². The quantitative estimate of drug-likeness (QED) is 0.534. The van der Waals surface area contributed by atoms with Gasteiger partial charge in [0.25, 0.3) is 0 Å². The topological polar surface area (TPSA) is 25.9 Å². The van der Waals surface area contributed by atoms with Gasteiger partial charge in [-0.25, -0.2) is 0 Å². The molecule has 0 saturated heterocycles. The summed E-state index contributed by atoms with van der Waals surface area (Å²) in [7, 11) is 0. The van der Waals surface area contributed by atoms with Gasteiger partial charge >= 0.3 is 0 Å². The van der Waals surface area contributed by atoms with Gasteiger partial charge in [-0.2, -0.15) is 4.57 Å². The number of pyridine rings is 1. The lowest BCUT2D eigenvalue weighted by molar-refractivity contribution is -0.689. The zero-order valence-electron chi connectivity index (χ0n) is 13.8. The maximum atomic E-state index is 12.7. The van der Waals surface area contributed by atoms with Crippen LogP contribution in [0.5, 0.6) is 0 Å². The van der Waals surface area contributed by atoms with E-state index in [2.05, 4.69) is 16.7 Å². The molecule has 23 heavy (non-hydrogen) atoms. The summed E-state index contributed by atoms with van der Waals surface area (Å²) in [5.74, 6) is 0.139. The molecule has 3 rings (SSSR count). The zero-order chi connectivity index (χ0) is 16.4. The molecular formula is C20H21N2O+. The van der Waals surface area contributed by atoms with Crippen molar-refractivity contribution in [3.05, 3.63) is 83.4 Å². The maximum absolute atomic E-state index is 12.7. The molecule has 0 aliphatic heterocycles. The summed E-state index contributed by atoms with van der Waals surface area (Å²) in [5.41, 5.74) is 5.03. The van der Waals surface area contributed by atoms with Crippen molar-refractivity contribution in [3.63, 3.8) is 0 Å². The molecule has 0 fully saturated rings. The van der Waals surface area contributed by atoms with E-state index >= 15 is 0 Å². The van der Waals surface area contributed by atoms with Gasteiger partial charge < -0.3 is 4.57 Å². The molecular weight excluding hydrogens is 284 g/mol. The second-order valence-electron chi connectivity index (χ2n) is 5.85. The van der Waals surface area contributed by atoms with Crippen molar-refractivity contribution in [1.29, 1.82) is 0 Å². The van der Waals surface area contributed by atoms with Gasteiger partial charge in [0.15, 0.2) is 11.9 Å². The Hall–Kier alpha value is -2.68. The first kappa shape index (κ1) is 15.2. The minimum absolute atomic E-state index is 0.139. The minimum Gasteiger partial charge on any atom is -0.318 e. The minimum atomic E-state index is 0.139. The maximum Gasteiger partial charge on any atom is 0.229 e. The first-order chi connectivity index (χ1) is 11.1. The second-order valence-corrected chi connectivity index (χ2v) is 5.85. The Morgan fingerprint density at radius 3 is 2.39 bits per heavy atom. The monoisotopic (exact) mass is 305 g/mol. The molecule has 116 valence electrons. The highest BCUT2D eigenvalue weighted by Gasteiger charge is 2.20. The first-order valence-electron chi connectivity index (χ1n) is 7.80. The fraction of sp³-hybridized carbons (Fsp3) is 0.200. The lowest BCUT2D eigenvalue weighted by atomic mass is 10.1. The van der Waals surface area contributed by atoms with E-state index < -0.39 is 0 Å². The number of hydrogen-bond acceptors (Lipinski definition) is 1. The summed E-state index contributed by atoms with van der Waals surface area (Å²) < 4.78 is 4.12. The van der Waals surface area contributed by atoms with Crippen LogP contribution in [-0.2, 0) is 6.54 Å². The SMILES string of the molecule is Cc1cc(C(=O)C[n+]2ccccc2C)c(C)n1-c1ccccc1. The normalized spacial score (nSPS) is 10.7. The van der Waals surface area contributed by atoms with E-state index in [1.54, 1.807) is 0 Å². The van der Waals surface area contributed by atoms with Crippen molar-refractivity contribution in [2.75, 3.05) is 0 Å². The first-order valence-corrected chi connectivity index (χ1v) is 7.80. The van der Waals surface area contributed by atoms with Crippen molar-refractivity contribution >= 4 is 5.78 Å². The Bertz CT molecular complexity index is 847. The molecule has 0 atom stereocenters. The molecule has 3 heteroatoms. The van der Waals surface area contributed by atoms with Crippen LogP contribution in [0, 0.1) is 20.8 Å². The molecule has 3 aromatic rings. The number of hydrogen-bond donors (Lipinski definition) is 0. The second kappa shape index (κ2) is 6.21. The van der Waals surface area contributed by atoms with E-state index in [-0.39, 0.29) is 5.78 Å². The van der Waals surface area contributed by atoms with E-state index in [4.69, 9.17) is 0 Å². The molecule has 0 bridgehead atoms. The van der Waals surface area contributed by atoms with Gasteiger partial charge in [0.2, 0.25) is 12.3 Å². The average molecular weight is 305 g/mol. The number of aryl methyl sites for hydroxylation is 2.